The van der Waals surface area contributed by atoms with Gasteiger partial charge in [-0.3, -0.25) is 4.79 Å². The second kappa shape index (κ2) is 5.44. The molecule has 0 spiro atoms. The molecule has 18 heavy (non-hydrogen) atoms. The van der Waals surface area contributed by atoms with E-state index in [2.05, 4.69) is 0 Å². The normalized spacial score (nSPS) is 16.9. The number of halogens is 2. The Kier molecular flexibility index (Phi) is 3.91. The Balaban J connectivity index is 2.03. The number of piperidine rings is 1. The van der Waals surface area contributed by atoms with Gasteiger partial charge >= 0.3 is 0 Å². The Hall–Kier alpha value is -1.49. The molecule has 1 aromatic rings. The molecule has 1 amide bonds. The average Bonchev–Trinajstić information content (AvgIpc) is 2.34. The Morgan fingerprint density at radius 1 is 1.28 bits per heavy atom. The second-order valence-electron chi connectivity index (χ2n) is 4.49. The molecule has 1 saturated heterocycles. The fourth-order valence-corrected chi connectivity index (χ4v) is 2.08. The third kappa shape index (κ3) is 2.85. The highest BCUT2D eigenvalue weighted by atomic mass is 19.1. The van der Waals surface area contributed by atoms with Gasteiger partial charge < -0.3 is 10.0 Å². The molecule has 2 rings (SSSR count). The summed E-state index contributed by atoms with van der Waals surface area (Å²) in [5, 5.41) is 9.33. The van der Waals surface area contributed by atoms with Crippen LogP contribution in [-0.2, 0) is 11.2 Å². The van der Waals surface area contributed by atoms with Crippen molar-refractivity contribution in [1.82, 2.24) is 4.90 Å². The van der Waals surface area contributed by atoms with Gasteiger partial charge in [0, 0.05) is 18.7 Å². The molecule has 3 nitrogen and oxygen atoms in total. The molecule has 0 saturated carbocycles. The molecule has 0 atom stereocenters. The lowest BCUT2D eigenvalue weighted by Crippen LogP contribution is -2.41. The highest BCUT2D eigenvalue weighted by molar-refractivity contribution is 5.79. The topological polar surface area (TPSA) is 40.5 Å². The summed E-state index contributed by atoms with van der Waals surface area (Å²) in [6.07, 6.45) is 0.394. The van der Waals surface area contributed by atoms with Crippen molar-refractivity contribution < 1.29 is 18.7 Å². The first kappa shape index (κ1) is 13.0. The lowest BCUT2D eigenvalue weighted by molar-refractivity contribution is -0.132. The zero-order valence-electron chi connectivity index (χ0n) is 9.90. The fourth-order valence-electron chi connectivity index (χ4n) is 2.08. The first-order valence-electron chi connectivity index (χ1n) is 5.96. The molecule has 1 fully saturated rings. The number of hydrogen-bond acceptors (Lipinski definition) is 2. The van der Waals surface area contributed by atoms with Crippen LogP contribution in [0.5, 0.6) is 0 Å². The minimum atomic E-state index is -0.694. The first-order chi connectivity index (χ1) is 8.58. The summed E-state index contributed by atoms with van der Waals surface area (Å²) < 4.78 is 26.8. The number of hydrogen-bond donors (Lipinski definition) is 1. The zero-order chi connectivity index (χ0) is 13.1. The Labute approximate surface area is 104 Å². The van der Waals surface area contributed by atoms with Crippen LogP contribution in [0.2, 0.25) is 0 Å². The molecule has 1 heterocycles. The number of rotatable bonds is 2. The van der Waals surface area contributed by atoms with E-state index in [9.17, 15) is 18.7 Å². The van der Waals surface area contributed by atoms with Crippen molar-refractivity contribution in [2.75, 3.05) is 13.1 Å². The number of amides is 1. The molecule has 0 aromatic heterocycles. The summed E-state index contributed by atoms with van der Waals surface area (Å²) in [6.45, 7) is 0.881. The van der Waals surface area contributed by atoms with Crippen LogP contribution < -0.4 is 0 Å². The molecule has 0 bridgehead atoms. The first-order valence-corrected chi connectivity index (χ1v) is 5.96. The third-order valence-corrected chi connectivity index (χ3v) is 3.21. The van der Waals surface area contributed by atoms with Crippen molar-refractivity contribution in [3.05, 3.63) is 35.4 Å². The molecule has 1 aromatic carbocycles. The minimum absolute atomic E-state index is 0.186. The van der Waals surface area contributed by atoms with E-state index >= 15 is 0 Å². The fraction of sp³-hybridized carbons (Fsp3) is 0.462. The Bertz CT molecular complexity index is 422. The van der Waals surface area contributed by atoms with Crippen LogP contribution >= 0.6 is 0 Å². The van der Waals surface area contributed by atoms with Crippen LogP contribution in [0.15, 0.2) is 18.2 Å². The third-order valence-electron chi connectivity index (χ3n) is 3.21. The van der Waals surface area contributed by atoms with Crippen molar-refractivity contribution in [3.63, 3.8) is 0 Å². The molecule has 0 unspecified atom stereocenters. The standard InChI is InChI=1S/C13H15F2NO2/c14-11-2-1-3-12(15)10(11)8-13(18)16-6-4-9(17)5-7-16/h1-3,9,17H,4-8H2. The summed E-state index contributed by atoms with van der Waals surface area (Å²) >= 11 is 0. The molecule has 5 heteroatoms. The van der Waals surface area contributed by atoms with Crippen molar-refractivity contribution in [3.8, 4) is 0 Å². The van der Waals surface area contributed by atoms with E-state index in [1.54, 1.807) is 4.90 Å². The molecular formula is C13H15F2NO2. The van der Waals surface area contributed by atoms with E-state index in [4.69, 9.17) is 0 Å². The Morgan fingerprint density at radius 3 is 2.39 bits per heavy atom. The van der Waals surface area contributed by atoms with E-state index in [1.807, 2.05) is 0 Å². The number of aliphatic hydroxyl groups is 1. The molecule has 1 aliphatic rings. The summed E-state index contributed by atoms with van der Waals surface area (Å²) in [7, 11) is 0. The Morgan fingerprint density at radius 2 is 1.83 bits per heavy atom. The predicted molar refractivity (Wildman–Crippen MR) is 61.9 cm³/mol. The summed E-state index contributed by atoms with van der Waals surface area (Å²) in [4.78, 5) is 13.4. The van der Waals surface area contributed by atoms with Gasteiger partial charge in [0.1, 0.15) is 11.6 Å². The number of aliphatic hydroxyl groups excluding tert-OH is 1. The summed E-state index contributed by atoms with van der Waals surface area (Å²) in [5.41, 5.74) is -0.186. The van der Waals surface area contributed by atoms with Crippen molar-refractivity contribution >= 4 is 5.91 Å². The lowest BCUT2D eigenvalue weighted by atomic mass is 10.1. The van der Waals surface area contributed by atoms with Gasteiger partial charge in [-0.25, -0.2) is 8.78 Å². The SMILES string of the molecule is O=C(Cc1c(F)cccc1F)N1CCC(O)CC1. The number of carbonyl (C=O) groups is 1. The molecule has 0 radical (unpaired) electrons. The van der Waals surface area contributed by atoms with E-state index in [-0.39, 0.29) is 24.0 Å². The van der Waals surface area contributed by atoms with Gasteiger partial charge in [0.05, 0.1) is 12.5 Å². The second-order valence-corrected chi connectivity index (χ2v) is 4.49. The lowest BCUT2D eigenvalue weighted by Gasteiger charge is -2.29. The number of nitrogens with zero attached hydrogens (tertiary/aromatic N) is 1. The highest BCUT2D eigenvalue weighted by Crippen LogP contribution is 2.16. The van der Waals surface area contributed by atoms with Crippen LogP contribution in [-0.4, -0.2) is 35.1 Å². The number of likely N-dealkylation sites (tertiary alicyclic amines) is 1. The van der Waals surface area contributed by atoms with Crippen LogP contribution in [0, 0.1) is 11.6 Å². The summed E-state index contributed by atoms with van der Waals surface area (Å²) in [6, 6.07) is 3.56. The van der Waals surface area contributed by atoms with Gasteiger partial charge in [0.2, 0.25) is 5.91 Å². The predicted octanol–water partition coefficient (Wildman–Crippen LogP) is 1.49. The van der Waals surface area contributed by atoms with E-state index < -0.39 is 11.6 Å². The van der Waals surface area contributed by atoms with Gasteiger partial charge in [0.15, 0.2) is 0 Å². The molecule has 98 valence electrons. The smallest absolute Gasteiger partial charge is 0.227 e. The number of carbonyl (C=O) groups excluding carboxylic acids is 1. The summed E-state index contributed by atoms with van der Waals surface area (Å²) in [5.74, 6) is -1.69. The average molecular weight is 255 g/mol. The quantitative estimate of drug-likeness (QED) is 0.869. The maximum atomic E-state index is 13.4. The minimum Gasteiger partial charge on any atom is -0.393 e. The van der Waals surface area contributed by atoms with E-state index in [0.717, 1.165) is 12.1 Å². The van der Waals surface area contributed by atoms with Crippen LogP contribution in [0.1, 0.15) is 18.4 Å². The molecule has 1 N–H and O–H groups in total. The maximum absolute atomic E-state index is 13.4. The van der Waals surface area contributed by atoms with Gasteiger partial charge in [-0.15, -0.1) is 0 Å². The van der Waals surface area contributed by atoms with Crippen LogP contribution in [0.3, 0.4) is 0 Å². The molecular weight excluding hydrogens is 240 g/mol. The largest absolute Gasteiger partial charge is 0.393 e. The molecule has 1 aliphatic heterocycles. The highest BCUT2D eigenvalue weighted by Gasteiger charge is 2.23. The maximum Gasteiger partial charge on any atom is 0.227 e. The van der Waals surface area contributed by atoms with Gasteiger partial charge in [-0.1, -0.05) is 6.07 Å². The van der Waals surface area contributed by atoms with Crippen molar-refractivity contribution in [2.45, 2.75) is 25.4 Å². The van der Waals surface area contributed by atoms with Gasteiger partial charge in [-0.2, -0.15) is 0 Å². The van der Waals surface area contributed by atoms with Gasteiger partial charge in [-0.05, 0) is 25.0 Å². The van der Waals surface area contributed by atoms with E-state index in [0.29, 0.717) is 25.9 Å². The van der Waals surface area contributed by atoms with E-state index in [1.165, 1.54) is 6.07 Å². The monoisotopic (exact) mass is 255 g/mol. The molecule has 0 aliphatic carbocycles. The number of benzene rings is 1. The van der Waals surface area contributed by atoms with Crippen molar-refractivity contribution in [1.29, 1.82) is 0 Å². The van der Waals surface area contributed by atoms with Crippen molar-refractivity contribution in [2.24, 2.45) is 0 Å². The van der Waals surface area contributed by atoms with Crippen LogP contribution in [0.25, 0.3) is 0 Å². The van der Waals surface area contributed by atoms with Crippen LogP contribution in [0.4, 0.5) is 8.78 Å². The van der Waals surface area contributed by atoms with Gasteiger partial charge in [0.25, 0.3) is 0 Å². The zero-order valence-corrected chi connectivity index (χ0v) is 9.90.